The molecule has 1 aromatic carbocycles. The summed E-state index contributed by atoms with van der Waals surface area (Å²) in [5.41, 5.74) is -0.410. The van der Waals surface area contributed by atoms with Crippen molar-refractivity contribution in [2.45, 2.75) is 12.7 Å². The highest BCUT2D eigenvalue weighted by Gasteiger charge is 2.34. The molecule has 0 atom stereocenters. The van der Waals surface area contributed by atoms with Gasteiger partial charge in [0.15, 0.2) is 0 Å². The van der Waals surface area contributed by atoms with Crippen molar-refractivity contribution in [3.8, 4) is 0 Å². The Morgan fingerprint density at radius 1 is 1.19 bits per heavy atom. The van der Waals surface area contributed by atoms with E-state index in [-0.39, 0.29) is 17.6 Å². The zero-order valence-corrected chi connectivity index (χ0v) is 14.5. The predicted molar refractivity (Wildman–Crippen MR) is 91.2 cm³/mol. The topological polar surface area (TPSA) is 48.7 Å². The van der Waals surface area contributed by atoms with E-state index in [9.17, 15) is 18.0 Å². The van der Waals surface area contributed by atoms with Gasteiger partial charge in [0.1, 0.15) is 5.76 Å². The van der Waals surface area contributed by atoms with Crippen LogP contribution in [-0.4, -0.2) is 37.1 Å². The zero-order valence-electron chi connectivity index (χ0n) is 13.7. The fraction of sp³-hybridized carbons (Fsp3) is 0.353. The number of urea groups is 1. The number of anilines is 1. The van der Waals surface area contributed by atoms with Gasteiger partial charge in [-0.05, 0) is 30.3 Å². The molecule has 1 N–H and O–H groups in total. The Balaban J connectivity index is 1.57. The molecular formula is C17H17ClF3N3O2. The molecule has 0 aliphatic carbocycles. The van der Waals surface area contributed by atoms with E-state index in [4.69, 9.17) is 16.0 Å². The molecule has 0 unspecified atom stereocenters. The molecular weight excluding hydrogens is 371 g/mol. The van der Waals surface area contributed by atoms with E-state index in [0.29, 0.717) is 37.6 Å². The average molecular weight is 388 g/mol. The number of alkyl halides is 3. The molecule has 3 rings (SSSR count). The molecule has 2 aromatic rings. The van der Waals surface area contributed by atoms with E-state index in [2.05, 4.69) is 5.32 Å². The lowest BCUT2D eigenvalue weighted by molar-refractivity contribution is -0.137. The SMILES string of the molecule is O=C(NCc1ccco1)N1CCN(c2ccc(Cl)c(C(F)(F)F)c2)CC1. The summed E-state index contributed by atoms with van der Waals surface area (Å²) < 4.78 is 44.1. The van der Waals surface area contributed by atoms with Crippen molar-refractivity contribution in [3.63, 3.8) is 0 Å². The third-order valence-electron chi connectivity index (χ3n) is 4.18. The van der Waals surface area contributed by atoms with Gasteiger partial charge in [-0.1, -0.05) is 11.6 Å². The van der Waals surface area contributed by atoms with Crippen molar-refractivity contribution in [1.29, 1.82) is 0 Å². The van der Waals surface area contributed by atoms with Crippen LogP contribution in [0.15, 0.2) is 41.0 Å². The zero-order chi connectivity index (χ0) is 18.7. The van der Waals surface area contributed by atoms with Crippen molar-refractivity contribution in [3.05, 3.63) is 52.9 Å². The molecule has 2 heterocycles. The number of benzene rings is 1. The van der Waals surface area contributed by atoms with Crippen LogP contribution in [0, 0.1) is 0 Å². The van der Waals surface area contributed by atoms with Crippen LogP contribution in [0.2, 0.25) is 5.02 Å². The lowest BCUT2D eigenvalue weighted by Gasteiger charge is -2.36. The minimum Gasteiger partial charge on any atom is -0.467 e. The predicted octanol–water partition coefficient (Wildman–Crippen LogP) is 3.98. The Morgan fingerprint density at radius 3 is 2.54 bits per heavy atom. The van der Waals surface area contributed by atoms with E-state index in [1.807, 2.05) is 4.90 Å². The Bertz CT molecular complexity index is 757. The third-order valence-corrected chi connectivity index (χ3v) is 4.51. The van der Waals surface area contributed by atoms with Gasteiger partial charge in [-0.25, -0.2) is 4.79 Å². The van der Waals surface area contributed by atoms with Gasteiger partial charge in [0.05, 0.1) is 23.4 Å². The fourth-order valence-corrected chi connectivity index (χ4v) is 3.01. The molecule has 5 nitrogen and oxygen atoms in total. The number of carbonyl (C=O) groups excluding carboxylic acids is 1. The number of halogens is 4. The molecule has 140 valence electrons. The molecule has 1 aliphatic rings. The molecule has 1 fully saturated rings. The van der Waals surface area contributed by atoms with Crippen LogP contribution in [0.3, 0.4) is 0 Å². The molecule has 2 amide bonds. The summed E-state index contributed by atoms with van der Waals surface area (Å²) in [6.45, 7) is 1.99. The average Bonchev–Trinajstić information content (AvgIpc) is 3.13. The lowest BCUT2D eigenvalue weighted by atomic mass is 10.1. The van der Waals surface area contributed by atoms with Gasteiger partial charge in [-0.15, -0.1) is 0 Å². The monoisotopic (exact) mass is 387 g/mol. The summed E-state index contributed by atoms with van der Waals surface area (Å²) in [6, 6.07) is 7.13. The van der Waals surface area contributed by atoms with E-state index < -0.39 is 11.7 Å². The lowest BCUT2D eigenvalue weighted by Crippen LogP contribution is -2.51. The van der Waals surface area contributed by atoms with Gasteiger partial charge >= 0.3 is 12.2 Å². The number of hydrogen-bond donors (Lipinski definition) is 1. The maximum absolute atomic E-state index is 13.0. The smallest absolute Gasteiger partial charge is 0.417 e. The van der Waals surface area contributed by atoms with E-state index in [1.165, 1.54) is 12.3 Å². The quantitative estimate of drug-likeness (QED) is 0.866. The van der Waals surface area contributed by atoms with E-state index >= 15 is 0 Å². The Morgan fingerprint density at radius 2 is 1.92 bits per heavy atom. The van der Waals surface area contributed by atoms with Crippen LogP contribution >= 0.6 is 11.6 Å². The Kier molecular flexibility index (Phi) is 5.31. The summed E-state index contributed by atoms with van der Waals surface area (Å²) in [5, 5.41) is 2.43. The number of piperazine rings is 1. The first-order valence-corrected chi connectivity index (χ1v) is 8.39. The number of nitrogens with one attached hydrogen (secondary N) is 1. The normalized spacial score (nSPS) is 15.2. The van der Waals surface area contributed by atoms with Crippen molar-refractivity contribution in [2.24, 2.45) is 0 Å². The van der Waals surface area contributed by atoms with Gasteiger partial charge in [0, 0.05) is 31.9 Å². The van der Waals surface area contributed by atoms with E-state index in [1.54, 1.807) is 23.1 Å². The second-order valence-electron chi connectivity index (χ2n) is 5.87. The molecule has 0 saturated carbocycles. The number of hydrogen-bond acceptors (Lipinski definition) is 3. The minimum atomic E-state index is -4.50. The highest BCUT2D eigenvalue weighted by atomic mass is 35.5. The Labute approximate surface area is 153 Å². The van der Waals surface area contributed by atoms with Gasteiger partial charge in [0.2, 0.25) is 0 Å². The largest absolute Gasteiger partial charge is 0.467 e. The van der Waals surface area contributed by atoms with Crippen molar-refractivity contribution >= 4 is 23.3 Å². The molecule has 0 spiro atoms. The third kappa shape index (κ3) is 4.24. The maximum Gasteiger partial charge on any atom is 0.417 e. The second kappa shape index (κ2) is 7.49. The summed E-state index contributed by atoms with van der Waals surface area (Å²) in [6.07, 6.45) is -2.97. The summed E-state index contributed by atoms with van der Waals surface area (Å²) in [4.78, 5) is 15.6. The van der Waals surface area contributed by atoms with Gasteiger partial charge < -0.3 is 19.5 Å². The number of furan rings is 1. The van der Waals surface area contributed by atoms with Crippen LogP contribution in [0.5, 0.6) is 0 Å². The number of amides is 2. The van der Waals surface area contributed by atoms with Crippen molar-refractivity contribution < 1.29 is 22.4 Å². The first kappa shape index (κ1) is 18.4. The van der Waals surface area contributed by atoms with Crippen molar-refractivity contribution in [2.75, 3.05) is 31.1 Å². The first-order chi connectivity index (χ1) is 12.3. The highest BCUT2D eigenvalue weighted by molar-refractivity contribution is 6.31. The fourth-order valence-electron chi connectivity index (χ4n) is 2.78. The van der Waals surface area contributed by atoms with Gasteiger partial charge in [0.25, 0.3) is 0 Å². The van der Waals surface area contributed by atoms with Crippen LogP contribution in [0.1, 0.15) is 11.3 Å². The number of nitrogens with zero attached hydrogens (tertiary/aromatic N) is 2. The van der Waals surface area contributed by atoms with Crippen LogP contribution in [0.4, 0.5) is 23.7 Å². The molecule has 1 aromatic heterocycles. The molecule has 0 radical (unpaired) electrons. The Hall–Kier alpha value is -2.35. The van der Waals surface area contributed by atoms with Gasteiger partial charge in [-0.3, -0.25) is 0 Å². The van der Waals surface area contributed by atoms with E-state index in [0.717, 1.165) is 6.07 Å². The second-order valence-corrected chi connectivity index (χ2v) is 6.28. The molecule has 1 aliphatic heterocycles. The summed E-state index contributed by atoms with van der Waals surface area (Å²) >= 11 is 5.65. The standard InChI is InChI=1S/C17H17ClF3N3O2/c18-15-4-3-12(10-14(15)17(19,20)21)23-5-7-24(8-6-23)16(25)22-11-13-2-1-9-26-13/h1-4,9-10H,5-8,11H2,(H,22,25). The summed E-state index contributed by atoms with van der Waals surface area (Å²) in [5.74, 6) is 0.651. The van der Waals surface area contributed by atoms with Crippen LogP contribution in [0.25, 0.3) is 0 Å². The summed E-state index contributed by atoms with van der Waals surface area (Å²) in [7, 11) is 0. The molecule has 26 heavy (non-hydrogen) atoms. The van der Waals surface area contributed by atoms with Crippen LogP contribution < -0.4 is 10.2 Å². The highest BCUT2D eigenvalue weighted by Crippen LogP contribution is 2.37. The number of carbonyl (C=O) groups is 1. The van der Waals surface area contributed by atoms with Crippen LogP contribution in [-0.2, 0) is 12.7 Å². The molecule has 9 heteroatoms. The molecule has 0 bridgehead atoms. The first-order valence-electron chi connectivity index (χ1n) is 8.01. The van der Waals surface area contributed by atoms with Gasteiger partial charge in [-0.2, -0.15) is 13.2 Å². The minimum absolute atomic E-state index is 0.229. The van der Waals surface area contributed by atoms with Crippen molar-refractivity contribution in [1.82, 2.24) is 10.2 Å². The number of rotatable bonds is 3. The molecule has 1 saturated heterocycles. The maximum atomic E-state index is 13.0.